The summed E-state index contributed by atoms with van der Waals surface area (Å²) < 4.78 is 6.53. The fourth-order valence-corrected chi connectivity index (χ4v) is 4.27. The van der Waals surface area contributed by atoms with E-state index < -0.39 is 0 Å². The summed E-state index contributed by atoms with van der Waals surface area (Å²) in [5.41, 5.74) is 0.412. The highest BCUT2D eigenvalue weighted by Crippen LogP contribution is 2.43. The van der Waals surface area contributed by atoms with Crippen molar-refractivity contribution in [1.82, 2.24) is 9.80 Å². The van der Waals surface area contributed by atoms with Gasteiger partial charge < -0.3 is 9.64 Å². The molecule has 2 fully saturated rings. The Bertz CT molecular complexity index is 298. The first kappa shape index (κ1) is 13.4. The second-order valence-electron chi connectivity index (χ2n) is 5.32. The summed E-state index contributed by atoms with van der Waals surface area (Å²) in [6.07, 6.45) is 4.81. The molecule has 2 heterocycles. The summed E-state index contributed by atoms with van der Waals surface area (Å²) in [5, 5.41) is 0. The lowest BCUT2D eigenvalue weighted by atomic mass is 9.97. The average molecular weight is 352 g/mol. The third-order valence-electron chi connectivity index (χ3n) is 4.05. The van der Waals surface area contributed by atoms with Crippen LogP contribution in [0.25, 0.3) is 0 Å². The van der Waals surface area contributed by atoms with E-state index in [4.69, 9.17) is 4.74 Å². The van der Waals surface area contributed by atoms with E-state index in [1.54, 1.807) is 14.1 Å². The van der Waals surface area contributed by atoms with Crippen molar-refractivity contribution in [3.63, 3.8) is 0 Å². The average Bonchev–Trinajstić information content (AvgIpc) is 2.84. The highest BCUT2D eigenvalue weighted by molar-refractivity contribution is 14.1. The van der Waals surface area contributed by atoms with Gasteiger partial charge in [-0.2, -0.15) is 0 Å². The molecule has 17 heavy (non-hydrogen) atoms. The molecular formula is C12H21IN2O2. The Balaban J connectivity index is 1.89. The number of carbonyl (C=O) groups is 1. The Hall–Kier alpha value is -0.0400. The molecule has 2 atom stereocenters. The van der Waals surface area contributed by atoms with Crippen LogP contribution in [0.15, 0.2) is 0 Å². The van der Waals surface area contributed by atoms with E-state index in [9.17, 15) is 4.79 Å². The molecule has 0 aromatic heterocycles. The smallest absolute Gasteiger partial charge is 0.409 e. The van der Waals surface area contributed by atoms with Crippen molar-refractivity contribution in [2.45, 2.75) is 37.3 Å². The van der Waals surface area contributed by atoms with Gasteiger partial charge in [-0.25, -0.2) is 4.79 Å². The molecule has 0 N–H and O–H groups in total. The molecule has 1 amide bonds. The highest BCUT2D eigenvalue weighted by Gasteiger charge is 2.48. The molecule has 0 radical (unpaired) electrons. The van der Waals surface area contributed by atoms with Crippen LogP contribution in [0.1, 0.15) is 25.7 Å². The summed E-state index contributed by atoms with van der Waals surface area (Å²) in [4.78, 5) is 15.5. The predicted molar refractivity (Wildman–Crippen MR) is 75.6 cm³/mol. The van der Waals surface area contributed by atoms with Crippen LogP contribution in [0, 0.1) is 0 Å². The maximum atomic E-state index is 11.4. The molecule has 98 valence electrons. The van der Waals surface area contributed by atoms with Crippen LogP contribution in [0.3, 0.4) is 0 Å². The molecule has 0 saturated carbocycles. The van der Waals surface area contributed by atoms with Crippen LogP contribution in [0.2, 0.25) is 0 Å². The maximum absolute atomic E-state index is 11.4. The summed E-state index contributed by atoms with van der Waals surface area (Å²) in [6, 6.07) is 0.441. The molecule has 5 heteroatoms. The highest BCUT2D eigenvalue weighted by atomic mass is 127. The molecule has 2 unspecified atom stereocenters. The standard InChI is InChI=1S/C12H21IN2O2/c1-14(2)11(16)17-8-10-4-6-12(9-13)5-3-7-15(10)12/h10H,3-9H2,1-2H3. The first-order chi connectivity index (χ1) is 8.09. The molecule has 0 spiro atoms. The van der Waals surface area contributed by atoms with Crippen LogP contribution < -0.4 is 0 Å². The van der Waals surface area contributed by atoms with Gasteiger partial charge in [-0.1, -0.05) is 22.6 Å². The van der Waals surface area contributed by atoms with Crippen LogP contribution in [0.4, 0.5) is 4.79 Å². The van der Waals surface area contributed by atoms with E-state index in [-0.39, 0.29) is 6.09 Å². The number of ether oxygens (including phenoxy) is 1. The largest absolute Gasteiger partial charge is 0.448 e. The van der Waals surface area contributed by atoms with Crippen molar-refractivity contribution in [3.05, 3.63) is 0 Å². The zero-order valence-electron chi connectivity index (χ0n) is 10.6. The van der Waals surface area contributed by atoms with Gasteiger partial charge in [0, 0.05) is 30.1 Å². The number of hydrogen-bond acceptors (Lipinski definition) is 3. The molecule has 2 aliphatic rings. The Kier molecular flexibility index (Phi) is 4.18. The molecule has 0 aromatic rings. The van der Waals surface area contributed by atoms with Crippen LogP contribution in [-0.4, -0.2) is 59.1 Å². The normalized spacial score (nSPS) is 32.5. The number of halogens is 1. The number of alkyl halides is 1. The summed E-state index contributed by atoms with van der Waals surface area (Å²) in [6.45, 7) is 1.72. The van der Waals surface area contributed by atoms with Crippen molar-refractivity contribution in [2.24, 2.45) is 0 Å². The number of fused-ring (bicyclic) bond motifs is 1. The second-order valence-corrected chi connectivity index (χ2v) is 6.08. The van der Waals surface area contributed by atoms with Crippen molar-refractivity contribution >= 4 is 28.7 Å². The van der Waals surface area contributed by atoms with E-state index in [1.165, 1.54) is 41.6 Å². The second kappa shape index (κ2) is 5.30. The van der Waals surface area contributed by atoms with Crippen LogP contribution in [0.5, 0.6) is 0 Å². The number of hydrogen-bond donors (Lipinski definition) is 0. The van der Waals surface area contributed by atoms with Gasteiger partial charge >= 0.3 is 6.09 Å². The third kappa shape index (κ3) is 2.54. The summed E-state index contributed by atoms with van der Waals surface area (Å²) in [5.74, 6) is 0. The van der Waals surface area contributed by atoms with Gasteiger partial charge in [0.25, 0.3) is 0 Å². The molecule has 2 saturated heterocycles. The number of nitrogens with zero attached hydrogens (tertiary/aromatic N) is 2. The lowest BCUT2D eigenvalue weighted by molar-refractivity contribution is 0.0746. The predicted octanol–water partition coefficient (Wildman–Crippen LogP) is 2.12. The minimum absolute atomic E-state index is 0.226. The third-order valence-corrected chi connectivity index (χ3v) is 5.47. The SMILES string of the molecule is CN(C)C(=O)OCC1CCC2(CI)CCCN12. The van der Waals surface area contributed by atoms with Crippen LogP contribution in [-0.2, 0) is 4.74 Å². The van der Waals surface area contributed by atoms with E-state index in [2.05, 4.69) is 27.5 Å². The van der Waals surface area contributed by atoms with Crippen molar-refractivity contribution in [3.8, 4) is 0 Å². The van der Waals surface area contributed by atoms with E-state index in [0.717, 1.165) is 0 Å². The molecule has 2 rings (SSSR count). The van der Waals surface area contributed by atoms with Gasteiger partial charge in [0.2, 0.25) is 0 Å². The molecule has 2 aliphatic heterocycles. The Morgan fingerprint density at radius 1 is 1.53 bits per heavy atom. The summed E-state index contributed by atoms with van der Waals surface area (Å²) >= 11 is 2.50. The lowest BCUT2D eigenvalue weighted by Gasteiger charge is -2.33. The van der Waals surface area contributed by atoms with Gasteiger partial charge in [-0.05, 0) is 32.2 Å². The fraction of sp³-hybridized carbons (Fsp3) is 0.917. The monoisotopic (exact) mass is 352 g/mol. The molecule has 0 aromatic carbocycles. The van der Waals surface area contributed by atoms with Gasteiger partial charge in [-0.15, -0.1) is 0 Å². The van der Waals surface area contributed by atoms with E-state index in [0.29, 0.717) is 18.2 Å². The zero-order chi connectivity index (χ0) is 12.5. The van der Waals surface area contributed by atoms with E-state index in [1.807, 2.05) is 0 Å². The lowest BCUT2D eigenvalue weighted by Crippen LogP contribution is -2.45. The number of carbonyl (C=O) groups excluding carboxylic acids is 1. The van der Waals surface area contributed by atoms with Gasteiger partial charge in [0.15, 0.2) is 0 Å². The van der Waals surface area contributed by atoms with Gasteiger partial charge in [0.05, 0.1) is 0 Å². The van der Waals surface area contributed by atoms with E-state index >= 15 is 0 Å². The Labute approximate surface area is 117 Å². The minimum Gasteiger partial charge on any atom is -0.448 e. The molecule has 0 aliphatic carbocycles. The quantitative estimate of drug-likeness (QED) is 0.576. The van der Waals surface area contributed by atoms with Crippen molar-refractivity contribution in [2.75, 3.05) is 31.7 Å². The van der Waals surface area contributed by atoms with Crippen molar-refractivity contribution in [1.29, 1.82) is 0 Å². The first-order valence-corrected chi connectivity index (χ1v) is 7.78. The van der Waals surface area contributed by atoms with Gasteiger partial charge in [0.1, 0.15) is 6.61 Å². The number of amides is 1. The zero-order valence-corrected chi connectivity index (χ0v) is 12.8. The molecule has 0 bridgehead atoms. The molecular weight excluding hydrogens is 331 g/mol. The maximum Gasteiger partial charge on any atom is 0.409 e. The first-order valence-electron chi connectivity index (χ1n) is 6.26. The Morgan fingerprint density at radius 2 is 2.29 bits per heavy atom. The van der Waals surface area contributed by atoms with Gasteiger partial charge in [-0.3, -0.25) is 4.90 Å². The topological polar surface area (TPSA) is 32.8 Å². The van der Waals surface area contributed by atoms with Crippen molar-refractivity contribution < 1.29 is 9.53 Å². The number of rotatable bonds is 3. The fourth-order valence-electron chi connectivity index (χ4n) is 3.07. The molecule has 4 nitrogen and oxygen atoms in total. The Morgan fingerprint density at radius 3 is 2.94 bits per heavy atom. The van der Waals surface area contributed by atoms with Crippen LogP contribution >= 0.6 is 22.6 Å². The minimum atomic E-state index is -0.226. The summed E-state index contributed by atoms with van der Waals surface area (Å²) in [7, 11) is 3.45.